The number of carbonyl (C=O) groups is 2. The number of benzene rings is 1. The van der Waals surface area contributed by atoms with Crippen molar-refractivity contribution in [2.75, 3.05) is 20.3 Å². The van der Waals surface area contributed by atoms with Crippen LogP contribution < -0.4 is 15.6 Å². The van der Waals surface area contributed by atoms with E-state index >= 15 is 0 Å². The maximum atomic E-state index is 12.9. The summed E-state index contributed by atoms with van der Waals surface area (Å²) in [6.45, 7) is 2.40. The number of nitrogens with one attached hydrogen (secondary N) is 1. The first-order chi connectivity index (χ1) is 14.5. The Hall–Kier alpha value is -2.93. The summed E-state index contributed by atoms with van der Waals surface area (Å²) < 4.78 is 6.82. The van der Waals surface area contributed by atoms with Crippen LogP contribution in [0.2, 0.25) is 0 Å². The highest BCUT2D eigenvalue weighted by Gasteiger charge is 2.37. The molecule has 1 aliphatic rings. The first-order valence-corrected chi connectivity index (χ1v) is 10.3. The van der Waals surface area contributed by atoms with Crippen LogP contribution in [0.3, 0.4) is 0 Å². The molecule has 1 aromatic carbocycles. The molecule has 0 spiro atoms. The minimum atomic E-state index is -0.513. The van der Waals surface area contributed by atoms with Crippen molar-refractivity contribution in [2.24, 2.45) is 11.8 Å². The summed E-state index contributed by atoms with van der Waals surface area (Å²) in [6, 6.07) is 8.57. The van der Waals surface area contributed by atoms with Crippen LogP contribution in [0.1, 0.15) is 52.5 Å². The molecule has 0 unspecified atom stereocenters. The Bertz CT molecular complexity index is 982. The number of Topliss-reactive ketones (excluding diaryl/α,β-unsaturated/α-hetero) is 1. The smallest absolute Gasteiger partial charge is 0.263 e. The molecule has 3 rings (SSSR count). The number of nitrogens with zero attached hydrogens (tertiary/aromatic N) is 1. The van der Waals surface area contributed by atoms with Crippen LogP contribution in [-0.4, -0.2) is 41.6 Å². The zero-order valence-electron chi connectivity index (χ0n) is 17.4. The van der Waals surface area contributed by atoms with Crippen LogP contribution in [0, 0.1) is 11.8 Å². The molecule has 7 nitrogen and oxygen atoms in total. The van der Waals surface area contributed by atoms with Crippen LogP contribution in [0.4, 0.5) is 0 Å². The Labute approximate surface area is 175 Å². The fourth-order valence-corrected chi connectivity index (χ4v) is 3.71. The predicted octanol–water partition coefficient (Wildman–Crippen LogP) is 2.25. The summed E-state index contributed by atoms with van der Waals surface area (Å²) in [6.07, 6.45) is 4.11. The maximum Gasteiger partial charge on any atom is 0.263 e. The number of aliphatic hydroxyl groups is 1. The van der Waals surface area contributed by atoms with E-state index in [0.29, 0.717) is 29.6 Å². The van der Waals surface area contributed by atoms with E-state index in [1.165, 1.54) is 17.7 Å². The van der Waals surface area contributed by atoms with Crippen molar-refractivity contribution < 1.29 is 19.4 Å². The molecule has 2 aromatic rings. The first-order valence-electron chi connectivity index (χ1n) is 10.3. The topological polar surface area (TPSA) is 97.6 Å². The fraction of sp³-hybridized carbons (Fsp3) is 0.435. The molecule has 0 bridgehead atoms. The van der Waals surface area contributed by atoms with Gasteiger partial charge in [-0.15, -0.1) is 0 Å². The van der Waals surface area contributed by atoms with Crippen LogP contribution in [0.5, 0.6) is 5.75 Å². The molecule has 0 saturated heterocycles. The summed E-state index contributed by atoms with van der Waals surface area (Å²) in [5.41, 5.74) is 0.667. The molecule has 1 amide bonds. The molecule has 7 heteroatoms. The average Bonchev–Trinajstić information content (AvgIpc) is 3.51. The lowest BCUT2D eigenvalue weighted by atomic mass is 10.0. The molecular weight excluding hydrogens is 384 g/mol. The van der Waals surface area contributed by atoms with Gasteiger partial charge in [0.05, 0.1) is 13.2 Å². The van der Waals surface area contributed by atoms with Crippen LogP contribution in [0.15, 0.2) is 41.3 Å². The lowest BCUT2D eigenvalue weighted by molar-refractivity contribution is 0.0961. The molecule has 1 aromatic heterocycles. The average molecular weight is 412 g/mol. The first kappa shape index (κ1) is 21.8. The van der Waals surface area contributed by atoms with Gasteiger partial charge in [0.1, 0.15) is 17.9 Å². The SMILES string of the molecule is CC[C@@H]1C[C@H]1CC(=O)c1cc(C(=O)NC)c(=O)n(Cc2cccc(OCCO)c2)c1. The molecule has 0 radical (unpaired) electrons. The Morgan fingerprint density at radius 3 is 2.73 bits per heavy atom. The molecule has 1 aliphatic carbocycles. The van der Waals surface area contributed by atoms with Gasteiger partial charge >= 0.3 is 0 Å². The van der Waals surface area contributed by atoms with E-state index in [4.69, 9.17) is 9.84 Å². The largest absolute Gasteiger partial charge is 0.491 e. The molecule has 0 aliphatic heterocycles. The van der Waals surface area contributed by atoms with E-state index < -0.39 is 11.5 Å². The van der Waals surface area contributed by atoms with Crippen LogP contribution >= 0.6 is 0 Å². The van der Waals surface area contributed by atoms with E-state index in [1.807, 2.05) is 6.07 Å². The molecule has 160 valence electrons. The predicted molar refractivity (Wildman–Crippen MR) is 113 cm³/mol. The number of carbonyl (C=O) groups excluding carboxylic acids is 2. The lowest BCUT2D eigenvalue weighted by Crippen LogP contribution is -2.32. The molecule has 1 heterocycles. The van der Waals surface area contributed by atoms with Gasteiger partial charge in [-0.05, 0) is 42.0 Å². The second-order valence-corrected chi connectivity index (χ2v) is 7.67. The number of aliphatic hydroxyl groups excluding tert-OH is 1. The molecule has 1 fully saturated rings. The third kappa shape index (κ3) is 5.16. The van der Waals surface area contributed by atoms with Gasteiger partial charge in [0.15, 0.2) is 5.78 Å². The van der Waals surface area contributed by atoms with Crippen molar-refractivity contribution >= 4 is 11.7 Å². The van der Waals surface area contributed by atoms with Crippen molar-refractivity contribution in [1.29, 1.82) is 0 Å². The van der Waals surface area contributed by atoms with Crippen LogP contribution in [-0.2, 0) is 6.54 Å². The van der Waals surface area contributed by atoms with Crippen molar-refractivity contribution in [2.45, 2.75) is 32.7 Å². The number of rotatable bonds is 10. The molecular formula is C23H28N2O5. The van der Waals surface area contributed by atoms with E-state index in [0.717, 1.165) is 18.4 Å². The van der Waals surface area contributed by atoms with E-state index in [2.05, 4.69) is 12.2 Å². The van der Waals surface area contributed by atoms with Crippen molar-refractivity contribution in [3.05, 3.63) is 63.6 Å². The summed E-state index contributed by atoms with van der Waals surface area (Å²) in [5, 5.41) is 11.4. The molecule has 30 heavy (non-hydrogen) atoms. The Morgan fingerprint density at radius 1 is 1.27 bits per heavy atom. The van der Waals surface area contributed by atoms with Crippen molar-refractivity contribution in [3.8, 4) is 5.75 Å². The molecule has 1 saturated carbocycles. The highest BCUT2D eigenvalue weighted by molar-refractivity contribution is 6.00. The highest BCUT2D eigenvalue weighted by Crippen LogP contribution is 2.44. The number of ketones is 1. The zero-order valence-corrected chi connectivity index (χ0v) is 17.4. The Morgan fingerprint density at radius 2 is 2.07 bits per heavy atom. The standard InChI is InChI=1S/C23H28N2O5/c1-3-16-10-17(16)12-21(27)18-11-20(22(28)24-2)23(29)25(14-18)13-15-5-4-6-19(9-15)30-8-7-26/h4-6,9,11,14,16-17,26H,3,7-8,10,12-13H2,1-2H3,(H,24,28)/t16-,17+/m1/s1. The Balaban J connectivity index is 1.90. The van der Waals surface area contributed by atoms with E-state index in [-0.39, 0.29) is 31.1 Å². The van der Waals surface area contributed by atoms with E-state index in [9.17, 15) is 14.4 Å². The van der Waals surface area contributed by atoms with Gasteiger partial charge in [-0.1, -0.05) is 25.5 Å². The van der Waals surface area contributed by atoms with Gasteiger partial charge in [-0.25, -0.2) is 0 Å². The van der Waals surface area contributed by atoms with Gasteiger partial charge < -0.3 is 19.7 Å². The molecule has 2 atom stereocenters. The van der Waals surface area contributed by atoms with Crippen LogP contribution in [0.25, 0.3) is 0 Å². The fourth-order valence-electron chi connectivity index (χ4n) is 3.71. The lowest BCUT2D eigenvalue weighted by Gasteiger charge is -2.12. The van der Waals surface area contributed by atoms with Gasteiger partial charge in [-0.2, -0.15) is 0 Å². The number of hydrogen-bond acceptors (Lipinski definition) is 5. The highest BCUT2D eigenvalue weighted by atomic mass is 16.5. The number of hydrogen-bond donors (Lipinski definition) is 2. The second-order valence-electron chi connectivity index (χ2n) is 7.67. The second kappa shape index (κ2) is 9.71. The Kier molecular flexibility index (Phi) is 7.05. The number of aromatic nitrogens is 1. The van der Waals surface area contributed by atoms with Gasteiger partial charge in [0, 0.05) is 25.2 Å². The number of ether oxygens (including phenoxy) is 1. The number of amides is 1. The monoisotopic (exact) mass is 412 g/mol. The van der Waals surface area contributed by atoms with Crippen molar-refractivity contribution in [3.63, 3.8) is 0 Å². The van der Waals surface area contributed by atoms with Gasteiger partial charge in [0.2, 0.25) is 0 Å². The third-order valence-corrected chi connectivity index (χ3v) is 5.53. The van der Waals surface area contributed by atoms with Gasteiger partial charge in [0.25, 0.3) is 11.5 Å². The third-order valence-electron chi connectivity index (χ3n) is 5.53. The maximum absolute atomic E-state index is 12.9. The number of pyridine rings is 1. The quantitative estimate of drug-likeness (QED) is 0.584. The summed E-state index contributed by atoms with van der Waals surface area (Å²) in [7, 11) is 1.46. The molecule has 2 N–H and O–H groups in total. The minimum Gasteiger partial charge on any atom is -0.491 e. The van der Waals surface area contributed by atoms with Gasteiger partial charge in [-0.3, -0.25) is 14.4 Å². The minimum absolute atomic E-state index is 0.0427. The normalized spacial score (nSPS) is 17.4. The van der Waals surface area contributed by atoms with Crippen molar-refractivity contribution in [1.82, 2.24) is 9.88 Å². The summed E-state index contributed by atoms with van der Waals surface area (Å²) in [4.78, 5) is 37.9. The summed E-state index contributed by atoms with van der Waals surface area (Å²) in [5.74, 6) is 1.01. The van der Waals surface area contributed by atoms with E-state index in [1.54, 1.807) is 24.4 Å². The zero-order chi connectivity index (χ0) is 21.7. The summed E-state index contributed by atoms with van der Waals surface area (Å²) >= 11 is 0.